The highest BCUT2D eigenvalue weighted by Crippen LogP contribution is 2.17. The van der Waals surface area contributed by atoms with Gasteiger partial charge in [0.2, 0.25) is 0 Å². The fourth-order valence-electron chi connectivity index (χ4n) is 1.71. The van der Waals surface area contributed by atoms with Crippen LogP contribution in [0.3, 0.4) is 0 Å². The van der Waals surface area contributed by atoms with E-state index in [9.17, 15) is 0 Å². The lowest BCUT2D eigenvalue weighted by molar-refractivity contribution is 0.360. The lowest BCUT2D eigenvalue weighted by Crippen LogP contribution is -2.28. The van der Waals surface area contributed by atoms with Crippen molar-refractivity contribution in [2.75, 3.05) is 0 Å². The van der Waals surface area contributed by atoms with Gasteiger partial charge in [-0.1, -0.05) is 46.5 Å². The fraction of sp³-hybridized carbons (Fsp3) is 1.00. The van der Waals surface area contributed by atoms with E-state index in [-0.39, 0.29) is 0 Å². The summed E-state index contributed by atoms with van der Waals surface area (Å²) in [5, 5.41) is 0. The summed E-state index contributed by atoms with van der Waals surface area (Å²) in [6.07, 6.45) is 7.76. The molecular formula is C11H25N. The van der Waals surface area contributed by atoms with Crippen LogP contribution in [0, 0.1) is 5.92 Å². The summed E-state index contributed by atoms with van der Waals surface area (Å²) in [4.78, 5) is 0. The van der Waals surface area contributed by atoms with Crippen molar-refractivity contribution in [1.29, 1.82) is 0 Å². The molecule has 0 bridgehead atoms. The highest BCUT2D eigenvalue weighted by Gasteiger charge is 2.12. The van der Waals surface area contributed by atoms with Gasteiger partial charge < -0.3 is 5.73 Å². The second-order valence-electron chi connectivity index (χ2n) is 3.74. The summed E-state index contributed by atoms with van der Waals surface area (Å²) >= 11 is 0. The zero-order valence-corrected chi connectivity index (χ0v) is 8.97. The standard InChI is InChI=1S/C11H25N/c1-4-7-8-9-10(5-2)11(12)6-3/h10-11H,4-9,12H2,1-3H3. The van der Waals surface area contributed by atoms with Crippen molar-refractivity contribution >= 4 is 0 Å². The zero-order valence-electron chi connectivity index (χ0n) is 8.97. The van der Waals surface area contributed by atoms with Crippen LogP contribution in [0.5, 0.6) is 0 Å². The largest absolute Gasteiger partial charge is 0.327 e. The van der Waals surface area contributed by atoms with Crippen LogP contribution >= 0.6 is 0 Å². The van der Waals surface area contributed by atoms with Gasteiger partial charge in [0.05, 0.1) is 0 Å². The molecule has 0 saturated carbocycles. The van der Waals surface area contributed by atoms with Gasteiger partial charge in [-0.2, -0.15) is 0 Å². The van der Waals surface area contributed by atoms with E-state index in [1.54, 1.807) is 0 Å². The van der Waals surface area contributed by atoms with Gasteiger partial charge in [-0.05, 0) is 18.8 Å². The first kappa shape index (κ1) is 12.0. The van der Waals surface area contributed by atoms with Gasteiger partial charge in [-0.3, -0.25) is 0 Å². The number of rotatable bonds is 7. The van der Waals surface area contributed by atoms with Gasteiger partial charge in [-0.25, -0.2) is 0 Å². The van der Waals surface area contributed by atoms with Crippen LogP contribution in [-0.2, 0) is 0 Å². The molecule has 74 valence electrons. The Labute approximate surface area is 77.7 Å². The molecule has 0 rings (SSSR count). The van der Waals surface area contributed by atoms with E-state index < -0.39 is 0 Å². The first-order valence-corrected chi connectivity index (χ1v) is 5.51. The summed E-state index contributed by atoms with van der Waals surface area (Å²) in [6.45, 7) is 6.69. The topological polar surface area (TPSA) is 26.0 Å². The van der Waals surface area contributed by atoms with Crippen molar-refractivity contribution in [3.63, 3.8) is 0 Å². The highest BCUT2D eigenvalue weighted by atomic mass is 14.6. The van der Waals surface area contributed by atoms with Crippen molar-refractivity contribution in [3.05, 3.63) is 0 Å². The van der Waals surface area contributed by atoms with Crippen LogP contribution < -0.4 is 5.73 Å². The lowest BCUT2D eigenvalue weighted by atomic mass is 9.90. The van der Waals surface area contributed by atoms with E-state index >= 15 is 0 Å². The number of hydrogen-bond donors (Lipinski definition) is 1. The monoisotopic (exact) mass is 171 g/mol. The van der Waals surface area contributed by atoms with E-state index in [0.29, 0.717) is 6.04 Å². The molecule has 0 aliphatic heterocycles. The molecule has 0 saturated heterocycles. The third-order valence-electron chi connectivity index (χ3n) is 2.78. The van der Waals surface area contributed by atoms with Crippen LogP contribution in [0.1, 0.15) is 59.3 Å². The molecule has 0 aliphatic carbocycles. The molecule has 0 aromatic rings. The Morgan fingerprint density at radius 2 is 1.67 bits per heavy atom. The molecule has 0 spiro atoms. The smallest absolute Gasteiger partial charge is 0.00644 e. The van der Waals surface area contributed by atoms with Gasteiger partial charge in [0.1, 0.15) is 0 Å². The predicted octanol–water partition coefficient (Wildman–Crippen LogP) is 3.33. The van der Waals surface area contributed by atoms with E-state index in [0.717, 1.165) is 12.3 Å². The van der Waals surface area contributed by atoms with Crippen molar-refractivity contribution in [1.82, 2.24) is 0 Å². The minimum Gasteiger partial charge on any atom is -0.327 e. The van der Waals surface area contributed by atoms with E-state index in [1.165, 1.54) is 32.1 Å². The first-order chi connectivity index (χ1) is 5.76. The maximum absolute atomic E-state index is 6.01. The van der Waals surface area contributed by atoms with Crippen LogP contribution in [0.15, 0.2) is 0 Å². The number of hydrogen-bond acceptors (Lipinski definition) is 1. The van der Waals surface area contributed by atoms with Crippen LogP contribution in [0.25, 0.3) is 0 Å². The molecule has 0 radical (unpaired) electrons. The Hall–Kier alpha value is -0.0400. The Balaban J connectivity index is 3.52. The molecule has 2 N–H and O–H groups in total. The number of unbranched alkanes of at least 4 members (excludes halogenated alkanes) is 2. The van der Waals surface area contributed by atoms with Crippen molar-refractivity contribution in [3.8, 4) is 0 Å². The molecule has 12 heavy (non-hydrogen) atoms. The molecule has 2 unspecified atom stereocenters. The minimum atomic E-state index is 0.437. The molecule has 0 aliphatic rings. The lowest BCUT2D eigenvalue weighted by Gasteiger charge is -2.20. The quantitative estimate of drug-likeness (QED) is 0.584. The Bertz CT molecular complexity index is 91.0. The van der Waals surface area contributed by atoms with Gasteiger partial charge in [0.25, 0.3) is 0 Å². The summed E-state index contributed by atoms with van der Waals surface area (Å²) in [6, 6.07) is 0.437. The SMILES string of the molecule is CCCCCC(CC)C(N)CC. The van der Waals surface area contributed by atoms with Gasteiger partial charge >= 0.3 is 0 Å². The van der Waals surface area contributed by atoms with Gasteiger partial charge in [0.15, 0.2) is 0 Å². The van der Waals surface area contributed by atoms with Crippen LogP contribution in [0.4, 0.5) is 0 Å². The summed E-state index contributed by atoms with van der Waals surface area (Å²) in [5.41, 5.74) is 6.01. The average Bonchev–Trinajstić information content (AvgIpc) is 2.11. The molecule has 0 heterocycles. The summed E-state index contributed by atoms with van der Waals surface area (Å²) < 4.78 is 0. The molecular weight excluding hydrogens is 146 g/mol. The second-order valence-corrected chi connectivity index (χ2v) is 3.74. The molecule has 0 fully saturated rings. The fourth-order valence-corrected chi connectivity index (χ4v) is 1.71. The Kier molecular flexibility index (Phi) is 7.58. The summed E-state index contributed by atoms with van der Waals surface area (Å²) in [7, 11) is 0. The van der Waals surface area contributed by atoms with Gasteiger partial charge in [0, 0.05) is 6.04 Å². The number of nitrogens with two attached hydrogens (primary N) is 1. The summed E-state index contributed by atoms with van der Waals surface area (Å²) in [5.74, 6) is 0.765. The Morgan fingerprint density at radius 3 is 2.08 bits per heavy atom. The normalized spacial score (nSPS) is 16.0. The van der Waals surface area contributed by atoms with E-state index in [2.05, 4.69) is 20.8 Å². The molecule has 1 heteroatoms. The van der Waals surface area contributed by atoms with Crippen molar-refractivity contribution in [2.45, 2.75) is 65.3 Å². The highest BCUT2D eigenvalue weighted by molar-refractivity contribution is 4.70. The van der Waals surface area contributed by atoms with Crippen molar-refractivity contribution < 1.29 is 0 Å². The van der Waals surface area contributed by atoms with Crippen LogP contribution in [0.2, 0.25) is 0 Å². The van der Waals surface area contributed by atoms with Crippen molar-refractivity contribution in [2.24, 2.45) is 11.7 Å². The van der Waals surface area contributed by atoms with E-state index in [4.69, 9.17) is 5.73 Å². The molecule has 0 amide bonds. The molecule has 0 aromatic carbocycles. The first-order valence-electron chi connectivity index (χ1n) is 5.51. The molecule has 1 nitrogen and oxygen atoms in total. The predicted molar refractivity (Wildman–Crippen MR) is 56.2 cm³/mol. The zero-order chi connectivity index (χ0) is 9.40. The third kappa shape index (κ3) is 4.76. The maximum atomic E-state index is 6.01. The second kappa shape index (κ2) is 7.60. The maximum Gasteiger partial charge on any atom is 0.00644 e. The third-order valence-corrected chi connectivity index (χ3v) is 2.78. The average molecular weight is 171 g/mol. The van der Waals surface area contributed by atoms with E-state index in [1.807, 2.05) is 0 Å². The minimum absolute atomic E-state index is 0.437. The molecule has 0 aromatic heterocycles. The molecule has 2 atom stereocenters. The van der Waals surface area contributed by atoms with Gasteiger partial charge in [-0.15, -0.1) is 0 Å². The Morgan fingerprint density at radius 1 is 1.00 bits per heavy atom. The van der Waals surface area contributed by atoms with Crippen LogP contribution in [-0.4, -0.2) is 6.04 Å².